The maximum atomic E-state index is 11.7. The van der Waals surface area contributed by atoms with Gasteiger partial charge in [0.1, 0.15) is 0 Å². The molecule has 2 aromatic carbocycles. The first-order chi connectivity index (χ1) is 12.9. The second-order valence-corrected chi connectivity index (χ2v) is 9.44. The van der Waals surface area contributed by atoms with Crippen LogP contribution < -0.4 is 0 Å². The normalized spacial score (nSPS) is 12.5. The van der Waals surface area contributed by atoms with Gasteiger partial charge in [-0.05, 0) is 44.0 Å². The van der Waals surface area contributed by atoms with Crippen molar-refractivity contribution in [2.75, 3.05) is 6.61 Å². The van der Waals surface area contributed by atoms with Crippen LogP contribution in [0, 0.1) is 13.8 Å². The molecule has 2 aromatic rings. The van der Waals surface area contributed by atoms with Crippen molar-refractivity contribution < 1.29 is 30.7 Å². The van der Waals surface area contributed by atoms with Crippen molar-refractivity contribution in [3.05, 3.63) is 58.7 Å². The molecule has 28 heavy (non-hydrogen) atoms. The number of rotatable bonds is 8. The molecule has 9 heteroatoms. The number of hydrogen-bond acceptors (Lipinski definition) is 5. The van der Waals surface area contributed by atoms with E-state index in [9.17, 15) is 25.9 Å². The predicted molar refractivity (Wildman–Crippen MR) is 105 cm³/mol. The Balaban J connectivity index is 2.45. The van der Waals surface area contributed by atoms with Crippen LogP contribution >= 0.6 is 0 Å². The Hall–Kier alpha value is -1.78. The summed E-state index contributed by atoms with van der Waals surface area (Å²) in [6, 6.07) is 9.13. The number of hydrogen-bond donors (Lipinski definition) is 2. The van der Waals surface area contributed by atoms with Gasteiger partial charge in [-0.15, -0.1) is 0 Å². The predicted octanol–water partition coefficient (Wildman–Crippen LogP) is 2.99. The minimum Gasteiger partial charge on any atom is -0.378 e. The Bertz CT molecular complexity index is 974. The van der Waals surface area contributed by atoms with Crippen LogP contribution in [0.2, 0.25) is 0 Å². The molecule has 0 saturated heterocycles. The Morgan fingerprint density at radius 3 is 1.54 bits per heavy atom. The van der Waals surface area contributed by atoms with Crippen molar-refractivity contribution in [1.82, 2.24) is 0 Å². The third-order valence-electron chi connectivity index (χ3n) is 4.29. The monoisotopic (exact) mass is 428 g/mol. The molecule has 2 N–H and O–H groups in total. The van der Waals surface area contributed by atoms with Crippen molar-refractivity contribution >= 4 is 20.2 Å². The molecule has 0 fully saturated rings. The maximum absolute atomic E-state index is 11.7. The van der Waals surface area contributed by atoms with E-state index in [4.69, 9.17) is 4.74 Å². The zero-order valence-electron chi connectivity index (χ0n) is 15.9. The quantitative estimate of drug-likeness (QED) is 0.621. The Labute approximate surface area is 165 Å². The van der Waals surface area contributed by atoms with Crippen molar-refractivity contribution in [2.45, 2.75) is 49.5 Å². The zero-order chi connectivity index (χ0) is 21.1. The van der Waals surface area contributed by atoms with Crippen LogP contribution in [0.1, 0.15) is 29.2 Å². The lowest BCUT2D eigenvalue weighted by Crippen LogP contribution is -2.22. The van der Waals surface area contributed by atoms with Gasteiger partial charge < -0.3 is 4.74 Å². The molecule has 2 rings (SSSR count). The van der Waals surface area contributed by atoms with Crippen molar-refractivity contribution in [3.63, 3.8) is 0 Å². The van der Waals surface area contributed by atoms with Crippen molar-refractivity contribution in [2.24, 2.45) is 0 Å². The fourth-order valence-corrected chi connectivity index (χ4v) is 4.58. The zero-order valence-corrected chi connectivity index (χ0v) is 17.5. The molecule has 0 aliphatic carbocycles. The Morgan fingerprint density at radius 1 is 0.821 bits per heavy atom. The van der Waals surface area contributed by atoms with Crippen LogP contribution in [0.15, 0.2) is 46.2 Å². The fourth-order valence-electron chi connectivity index (χ4n) is 3.16. The molecule has 7 nitrogen and oxygen atoms in total. The molecule has 0 aliphatic heterocycles. The van der Waals surface area contributed by atoms with Crippen LogP contribution in [0.5, 0.6) is 0 Å². The number of benzene rings is 2. The van der Waals surface area contributed by atoms with E-state index < -0.39 is 26.3 Å². The summed E-state index contributed by atoms with van der Waals surface area (Å²) in [5.74, 6) is 0. The lowest BCUT2D eigenvalue weighted by Gasteiger charge is -2.20. The average Bonchev–Trinajstić information content (AvgIpc) is 2.52. The van der Waals surface area contributed by atoms with Crippen LogP contribution in [0.3, 0.4) is 0 Å². The van der Waals surface area contributed by atoms with Crippen LogP contribution in [-0.2, 0) is 37.8 Å². The van der Waals surface area contributed by atoms with E-state index in [-0.39, 0.29) is 22.6 Å². The van der Waals surface area contributed by atoms with E-state index in [1.165, 1.54) is 12.1 Å². The van der Waals surface area contributed by atoms with E-state index in [2.05, 4.69) is 0 Å². The van der Waals surface area contributed by atoms with Gasteiger partial charge in [-0.2, -0.15) is 16.8 Å². The van der Waals surface area contributed by atoms with Crippen LogP contribution in [-0.4, -0.2) is 38.7 Å². The minimum absolute atomic E-state index is 0.142. The van der Waals surface area contributed by atoms with Gasteiger partial charge in [-0.1, -0.05) is 35.4 Å². The third kappa shape index (κ3) is 5.86. The highest BCUT2D eigenvalue weighted by Crippen LogP contribution is 2.24. The number of aryl methyl sites for hydroxylation is 2. The molecule has 0 heterocycles. The molecule has 0 spiro atoms. The van der Waals surface area contributed by atoms with Crippen LogP contribution in [0.25, 0.3) is 0 Å². The third-order valence-corrected chi connectivity index (χ3v) is 6.19. The van der Waals surface area contributed by atoms with E-state index in [1.54, 1.807) is 45.0 Å². The highest BCUT2D eigenvalue weighted by molar-refractivity contribution is 7.86. The van der Waals surface area contributed by atoms with Gasteiger partial charge in [0, 0.05) is 19.4 Å². The Morgan fingerprint density at radius 2 is 1.21 bits per heavy atom. The summed E-state index contributed by atoms with van der Waals surface area (Å²) in [7, 11) is -8.83. The van der Waals surface area contributed by atoms with Gasteiger partial charge in [0.25, 0.3) is 20.2 Å². The average molecular weight is 429 g/mol. The SMILES string of the molecule is CCOC(Cc1cc(C)ccc1S(=O)(=O)O)Cc1cc(C)ccc1S(=O)(=O)O. The van der Waals surface area contributed by atoms with Gasteiger partial charge in [0.15, 0.2) is 0 Å². The molecule has 0 bridgehead atoms. The molecule has 0 saturated carbocycles. The van der Waals surface area contributed by atoms with Crippen LogP contribution in [0.4, 0.5) is 0 Å². The highest BCUT2D eigenvalue weighted by Gasteiger charge is 2.22. The first-order valence-corrected chi connectivity index (χ1v) is 11.6. The largest absolute Gasteiger partial charge is 0.378 e. The molecule has 0 unspecified atom stereocenters. The van der Waals surface area contributed by atoms with E-state index in [1.807, 2.05) is 0 Å². The van der Waals surface area contributed by atoms with Crippen molar-refractivity contribution in [1.29, 1.82) is 0 Å². The molecule has 0 radical (unpaired) electrons. The lowest BCUT2D eigenvalue weighted by atomic mass is 9.99. The molecule has 154 valence electrons. The molecular formula is C19H24O7S2. The summed E-state index contributed by atoms with van der Waals surface area (Å²) in [5.41, 5.74) is 2.38. The molecule has 0 aliphatic rings. The fraction of sp³-hybridized carbons (Fsp3) is 0.368. The lowest BCUT2D eigenvalue weighted by molar-refractivity contribution is 0.0627. The van der Waals surface area contributed by atoms with E-state index in [0.29, 0.717) is 17.7 Å². The van der Waals surface area contributed by atoms with Gasteiger partial charge in [-0.3, -0.25) is 9.11 Å². The van der Waals surface area contributed by atoms with E-state index in [0.717, 1.165) is 11.1 Å². The van der Waals surface area contributed by atoms with Gasteiger partial charge in [0.05, 0.1) is 15.9 Å². The standard InChI is InChI=1S/C19H24O7S2/c1-4-26-17(11-15-9-13(2)5-7-18(15)27(20,21)22)12-16-10-14(3)6-8-19(16)28(23,24)25/h5-10,17H,4,11-12H2,1-3H3,(H,20,21,22)(H,23,24,25). The topological polar surface area (TPSA) is 118 Å². The van der Waals surface area contributed by atoms with Gasteiger partial charge >= 0.3 is 0 Å². The van der Waals surface area contributed by atoms with Gasteiger partial charge in [0.2, 0.25) is 0 Å². The summed E-state index contributed by atoms with van der Waals surface area (Å²) in [4.78, 5) is -0.413. The summed E-state index contributed by atoms with van der Waals surface area (Å²) in [6.07, 6.45) is -0.276. The molecule has 0 atom stereocenters. The summed E-state index contributed by atoms with van der Waals surface area (Å²) < 4.78 is 71.5. The van der Waals surface area contributed by atoms with Crippen molar-refractivity contribution in [3.8, 4) is 0 Å². The van der Waals surface area contributed by atoms with Gasteiger partial charge in [-0.25, -0.2) is 0 Å². The van der Waals surface area contributed by atoms with E-state index >= 15 is 0 Å². The first-order valence-electron chi connectivity index (χ1n) is 8.67. The summed E-state index contributed by atoms with van der Waals surface area (Å²) in [6.45, 7) is 5.69. The maximum Gasteiger partial charge on any atom is 0.294 e. The second-order valence-electron chi connectivity index (χ2n) is 6.66. The second kappa shape index (κ2) is 8.71. The highest BCUT2D eigenvalue weighted by atomic mass is 32.2. The summed E-state index contributed by atoms with van der Waals surface area (Å²) in [5, 5.41) is 0. The molecule has 0 aromatic heterocycles. The first kappa shape index (κ1) is 22.5. The molecular weight excluding hydrogens is 404 g/mol. The summed E-state index contributed by atoms with van der Waals surface area (Å²) >= 11 is 0. The Kier molecular flexibility index (Phi) is 7.00. The molecule has 0 amide bonds. The minimum atomic E-state index is -4.41. The number of ether oxygens (including phenoxy) is 1. The smallest absolute Gasteiger partial charge is 0.294 e.